The summed E-state index contributed by atoms with van der Waals surface area (Å²) in [5, 5.41) is 12.9. The van der Waals surface area contributed by atoms with Crippen LogP contribution in [0.4, 0.5) is 8.78 Å². The van der Waals surface area contributed by atoms with Gasteiger partial charge in [-0.1, -0.05) is 6.07 Å². The van der Waals surface area contributed by atoms with Crippen molar-refractivity contribution in [2.75, 3.05) is 19.7 Å². The van der Waals surface area contributed by atoms with Gasteiger partial charge in [0.1, 0.15) is 11.6 Å². The molecule has 1 aromatic carbocycles. The molecule has 2 unspecified atom stereocenters. The van der Waals surface area contributed by atoms with Gasteiger partial charge in [-0.05, 0) is 31.9 Å². The van der Waals surface area contributed by atoms with Crippen molar-refractivity contribution in [2.24, 2.45) is 0 Å². The fourth-order valence-corrected chi connectivity index (χ4v) is 2.26. The van der Waals surface area contributed by atoms with Crippen molar-refractivity contribution < 1.29 is 18.6 Å². The summed E-state index contributed by atoms with van der Waals surface area (Å²) in [7, 11) is 0. The minimum atomic E-state index is -0.968. The molecule has 3 nitrogen and oxygen atoms in total. The van der Waals surface area contributed by atoms with E-state index in [1.165, 1.54) is 6.07 Å². The number of aliphatic hydroxyl groups excluding tert-OH is 1. The third-order valence-corrected chi connectivity index (χ3v) is 3.33. The van der Waals surface area contributed by atoms with Crippen LogP contribution in [-0.4, -0.2) is 30.9 Å². The molecule has 2 atom stereocenters. The van der Waals surface area contributed by atoms with Gasteiger partial charge in [0.15, 0.2) is 0 Å². The number of hydrogen-bond acceptors (Lipinski definition) is 3. The molecule has 1 aliphatic rings. The SMILES string of the molecule is OC(CNCCC1CCCO1)c1ccc(F)cc1F. The fraction of sp³-hybridized carbons (Fsp3) is 0.571. The summed E-state index contributed by atoms with van der Waals surface area (Å²) in [5.41, 5.74) is 0.117. The van der Waals surface area contributed by atoms with E-state index in [1.54, 1.807) is 0 Å². The first-order valence-electron chi connectivity index (χ1n) is 6.62. The molecule has 19 heavy (non-hydrogen) atoms. The van der Waals surface area contributed by atoms with E-state index in [1.807, 2.05) is 0 Å². The maximum atomic E-state index is 13.4. The summed E-state index contributed by atoms with van der Waals surface area (Å²) in [6.45, 7) is 1.79. The van der Waals surface area contributed by atoms with Gasteiger partial charge in [0, 0.05) is 24.8 Å². The topological polar surface area (TPSA) is 41.5 Å². The van der Waals surface area contributed by atoms with Crippen LogP contribution < -0.4 is 5.32 Å². The average Bonchev–Trinajstić information content (AvgIpc) is 2.87. The van der Waals surface area contributed by atoms with E-state index >= 15 is 0 Å². The zero-order valence-electron chi connectivity index (χ0n) is 10.7. The molecule has 1 aliphatic heterocycles. The van der Waals surface area contributed by atoms with E-state index in [0.717, 1.165) is 38.0 Å². The molecule has 0 saturated carbocycles. The number of ether oxygens (including phenoxy) is 1. The number of halogens is 2. The summed E-state index contributed by atoms with van der Waals surface area (Å²) < 4.78 is 31.6. The second-order valence-corrected chi connectivity index (χ2v) is 4.81. The Morgan fingerprint density at radius 1 is 1.42 bits per heavy atom. The molecular weight excluding hydrogens is 252 g/mol. The summed E-state index contributed by atoms with van der Waals surface area (Å²) in [6, 6.07) is 3.20. The Balaban J connectivity index is 1.72. The molecule has 1 saturated heterocycles. The van der Waals surface area contributed by atoms with E-state index in [2.05, 4.69) is 5.32 Å². The van der Waals surface area contributed by atoms with Gasteiger partial charge in [-0.25, -0.2) is 8.78 Å². The van der Waals surface area contributed by atoms with E-state index < -0.39 is 17.7 Å². The van der Waals surface area contributed by atoms with Crippen LogP contribution in [0.25, 0.3) is 0 Å². The minimum absolute atomic E-state index is 0.117. The van der Waals surface area contributed by atoms with Gasteiger partial charge in [0.25, 0.3) is 0 Å². The molecule has 2 N–H and O–H groups in total. The summed E-state index contributed by atoms with van der Waals surface area (Å²) in [5.74, 6) is -1.35. The van der Waals surface area contributed by atoms with Gasteiger partial charge < -0.3 is 15.2 Å². The third-order valence-electron chi connectivity index (χ3n) is 3.33. The molecule has 0 amide bonds. The van der Waals surface area contributed by atoms with Crippen molar-refractivity contribution in [3.05, 3.63) is 35.4 Å². The quantitative estimate of drug-likeness (QED) is 0.779. The number of rotatable bonds is 6. The molecule has 2 rings (SSSR count). The van der Waals surface area contributed by atoms with Crippen LogP contribution in [0.2, 0.25) is 0 Å². The van der Waals surface area contributed by atoms with Crippen LogP contribution in [0.3, 0.4) is 0 Å². The van der Waals surface area contributed by atoms with Crippen molar-refractivity contribution in [1.29, 1.82) is 0 Å². The van der Waals surface area contributed by atoms with Crippen molar-refractivity contribution in [2.45, 2.75) is 31.5 Å². The summed E-state index contributed by atoms with van der Waals surface area (Å²) in [4.78, 5) is 0. The maximum absolute atomic E-state index is 13.4. The predicted octanol–water partition coefficient (Wildman–Crippen LogP) is 2.16. The number of hydrogen-bond donors (Lipinski definition) is 2. The Morgan fingerprint density at radius 2 is 2.26 bits per heavy atom. The van der Waals surface area contributed by atoms with E-state index in [4.69, 9.17) is 4.74 Å². The largest absolute Gasteiger partial charge is 0.387 e. The van der Waals surface area contributed by atoms with Gasteiger partial charge in [-0.15, -0.1) is 0 Å². The first-order valence-corrected chi connectivity index (χ1v) is 6.62. The highest BCUT2D eigenvalue weighted by Gasteiger charge is 2.16. The minimum Gasteiger partial charge on any atom is -0.387 e. The molecule has 106 valence electrons. The smallest absolute Gasteiger partial charge is 0.131 e. The normalized spacial score (nSPS) is 20.7. The molecule has 0 radical (unpaired) electrons. The van der Waals surface area contributed by atoms with Gasteiger partial charge in [0.2, 0.25) is 0 Å². The molecule has 0 aromatic heterocycles. The van der Waals surface area contributed by atoms with Gasteiger partial charge in [-0.2, -0.15) is 0 Å². The lowest BCUT2D eigenvalue weighted by Gasteiger charge is -2.14. The molecule has 1 heterocycles. The molecule has 1 fully saturated rings. The first kappa shape index (κ1) is 14.4. The Labute approximate surface area is 111 Å². The number of benzene rings is 1. The Kier molecular flexibility index (Phi) is 5.24. The lowest BCUT2D eigenvalue weighted by Crippen LogP contribution is -2.25. The van der Waals surface area contributed by atoms with Crippen molar-refractivity contribution in [3.8, 4) is 0 Å². The number of nitrogens with one attached hydrogen (secondary N) is 1. The molecule has 1 aromatic rings. The molecule has 0 aliphatic carbocycles. The van der Waals surface area contributed by atoms with Crippen molar-refractivity contribution in [1.82, 2.24) is 5.32 Å². The predicted molar refractivity (Wildman–Crippen MR) is 67.8 cm³/mol. The van der Waals surface area contributed by atoms with Crippen LogP contribution in [-0.2, 0) is 4.74 Å². The second-order valence-electron chi connectivity index (χ2n) is 4.81. The highest BCUT2D eigenvalue weighted by atomic mass is 19.1. The lowest BCUT2D eigenvalue weighted by atomic mass is 10.1. The zero-order valence-corrected chi connectivity index (χ0v) is 10.7. The summed E-state index contributed by atoms with van der Waals surface area (Å²) >= 11 is 0. The van der Waals surface area contributed by atoms with Gasteiger partial charge in [-0.3, -0.25) is 0 Å². The molecule has 5 heteroatoms. The average molecular weight is 271 g/mol. The molecule has 0 spiro atoms. The summed E-state index contributed by atoms with van der Waals surface area (Å²) in [6.07, 6.45) is 2.40. The fourth-order valence-electron chi connectivity index (χ4n) is 2.26. The Morgan fingerprint density at radius 3 is 2.95 bits per heavy atom. The Bertz CT molecular complexity index is 408. The zero-order chi connectivity index (χ0) is 13.7. The monoisotopic (exact) mass is 271 g/mol. The van der Waals surface area contributed by atoms with Crippen LogP contribution in [0.1, 0.15) is 30.9 Å². The van der Waals surface area contributed by atoms with Crippen molar-refractivity contribution >= 4 is 0 Å². The van der Waals surface area contributed by atoms with Crippen LogP contribution in [0.5, 0.6) is 0 Å². The highest BCUT2D eigenvalue weighted by Crippen LogP contribution is 2.18. The number of aliphatic hydroxyl groups is 1. The van der Waals surface area contributed by atoms with Crippen LogP contribution in [0, 0.1) is 11.6 Å². The van der Waals surface area contributed by atoms with E-state index in [0.29, 0.717) is 12.6 Å². The van der Waals surface area contributed by atoms with Crippen LogP contribution in [0.15, 0.2) is 18.2 Å². The standard InChI is InChI=1S/C14H19F2NO2/c15-10-3-4-12(13(16)8-10)14(18)9-17-6-5-11-2-1-7-19-11/h3-4,8,11,14,17-18H,1-2,5-7,9H2. The lowest BCUT2D eigenvalue weighted by molar-refractivity contribution is 0.102. The molecular formula is C14H19F2NO2. The highest BCUT2D eigenvalue weighted by molar-refractivity contribution is 5.21. The third kappa shape index (κ3) is 4.23. The van der Waals surface area contributed by atoms with Crippen LogP contribution >= 0.6 is 0 Å². The van der Waals surface area contributed by atoms with Gasteiger partial charge in [0.05, 0.1) is 12.2 Å². The maximum Gasteiger partial charge on any atom is 0.131 e. The van der Waals surface area contributed by atoms with Gasteiger partial charge >= 0.3 is 0 Å². The first-order chi connectivity index (χ1) is 9.16. The molecule has 0 bridgehead atoms. The Hall–Kier alpha value is -1.04. The second kappa shape index (κ2) is 6.93. The van der Waals surface area contributed by atoms with Crippen molar-refractivity contribution in [3.63, 3.8) is 0 Å². The van der Waals surface area contributed by atoms with E-state index in [-0.39, 0.29) is 12.1 Å². The van der Waals surface area contributed by atoms with E-state index in [9.17, 15) is 13.9 Å².